The molecule has 1 unspecified atom stereocenters. The fourth-order valence-corrected chi connectivity index (χ4v) is 5.01. The molecule has 4 aromatic rings. The standard InChI is InChI=1S/C25H26FN3O5S/c1-4-34-24-22(33-2)13-12-19(27-24)21(15-35(3,31)32)29-20-11-7-9-17(23(20)28-25(29)30)14-16-8-5-6-10-18(16)26/h5-13,21H,4,14-15H2,1-3H3,(H,28,30). The Kier molecular flexibility index (Phi) is 6.93. The Hall–Kier alpha value is -3.66. The summed E-state index contributed by atoms with van der Waals surface area (Å²) in [6.07, 6.45) is 1.37. The lowest BCUT2D eigenvalue weighted by molar-refractivity contribution is 0.296. The van der Waals surface area contributed by atoms with E-state index in [0.29, 0.717) is 40.2 Å². The van der Waals surface area contributed by atoms with Gasteiger partial charge in [0, 0.05) is 12.7 Å². The molecule has 0 fully saturated rings. The number of para-hydroxylation sites is 1. The van der Waals surface area contributed by atoms with E-state index in [0.717, 1.165) is 6.26 Å². The van der Waals surface area contributed by atoms with Gasteiger partial charge in [0.25, 0.3) is 5.88 Å². The molecule has 0 bridgehead atoms. The van der Waals surface area contributed by atoms with Gasteiger partial charge in [-0.25, -0.2) is 22.6 Å². The maximum atomic E-state index is 14.3. The van der Waals surface area contributed by atoms with Crippen LogP contribution in [0.5, 0.6) is 11.6 Å². The average Bonchev–Trinajstić information content (AvgIpc) is 3.15. The second-order valence-electron chi connectivity index (χ2n) is 8.16. The molecule has 2 heterocycles. The minimum absolute atomic E-state index is 0.208. The summed E-state index contributed by atoms with van der Waals surface area (Å²) in [6, 6.07) is 14.0. The second kappa shape index (κ2) is 9.91. The molecule has 8 nitrogen and oxygen atoms in total. The number of hydrogen-bond donors (Lipinski definition) is 1. The molecule has 0 spiro atoms. The Morgan fingerprint density at radius 1 is 1.09 bits per heavy atom. The van der Waals surface area contributed by atoms with Gasteiger partial charge in [-0.15, -0.1) is 0 Å². The number of fused-ring (bicyclic) bond motifs is 1. The number of nitrogens with one attached hydrogen (secondary N) is 1. The smallest absolute Gasteiger partial charge is 0.327 e. The number of aromatic nitrogens is 3. The Morgan fingerprint density at radius 3 is 2.51 bits per heavy atom. The van der Waals surface area contributed by atoms with Gasteiger partial charge in [0.05, 0.1) is 42.2 Å². The van der Waals surface area contributed by atoms with Crippen LogP contribution in [0.2, 0.25) is 0 Å². The van der Waals surface area contributed by atoms with Gasteiger partial charge >= 0.3 is 5.69 Å². The van der Waals surface area contributed by atoms with E-state index in [1.165, 1.54) is 17.7 Å². The van der Waals surface area contributed by atoms with E-state index in [-0.39, 0.29) is 23.9 Å². The van der Waals surface area contributed by atoms with Crippen LogP contribution in [0.4, 0.5) is 4.39 Å². The largest absolute Gasteiger partial charge is 0.491 e. The van der Waals surface area contributed by atoms with E-state index in [1.54, 1.807) is 55.5 Å². The van der Waals surface area contributed by atoms with Crippen LogP contribution >= 0.6 is 0 Å². The number of pyridine rings is 1. The van der Waals surface area contributed by atoms with Gasteiger partial charge < -0.3 is 14.5 Å². The highest BCUT2D eigenvalue weighted by Crippen LogP contribution is 2.30. The quantitative estimate of drug-likeness (QED) is 0.378. The normalized spacial score (nSPS) is 12.6. The number of hydrogen-bond acceptors (Lipinski definition) is 6. The van der Waals surface area contributed by atoms with Gasteiger partial charge in [0.1, 0.15) is 15.7 Å². The van der Waals surface area contributed by atoms with E-state index in [9.17, 15) is 17.6 Å². The molecule has 4 rings (SSSR count). The van der Waals surface area contributed by atoms with E-state index in [2.05, 4.69) is 9.97 Å². The molecule has 1 atom stereocenters. The van der Waals surface area contributed by atoms with Crippen molar-refractivity contribution in [1.82, 2.24) is 14.5 Å². The maximum absolute atomic E-state index is 14.3. The van der Waals surface area contributed by atoms with Crippen LogP contribution in [0.3, 0.4) is 0 Å². The molecule has 184 valence electrons. The number of aromatic amines is 1. The summed E-state index contributed by atoms with van der Waals surface area (Å²) in [5.41, 5.74) is 2.04. The van der Waals surface area contributed by atoms with Crippen LogP contribution in [0.25, 0.3) is 11.0 Å². The first-order valence-electron chi connectivity index (χ1n) is 11.0. The summed E-state index contributed by atoms with van der Waals surface area (Å²) in [4.78, 5) is 20.5. The van der Waals surface area contributed by atoms with Gasteiger partial charge in [-0.3, -0.25) is 4.57 Å². The first-order valence-corrected chi connectivity index (χ1v) is 13.1. The summed E-state index contributed by atoms with van der Waals surface area (Å²) in [5.74, 6) is -0.0964. The molecular weight excluding hydrogens is 473 g/mol. The highest BCUT2D eigenvalue weighted by atomic mass is 32.2. The summed E-state index contributed by atoms with van der Waals surface area (Å²) in [5, 5.41) is 0. The minimum Gasteiger partial charge on any atom is -0.491 e. The number of sulfone groups is 1. The van der Waals surface area contributed by atoms with Crippen LogP contribution in [-0.4, -0.2) is 48.7 Å². The van der Waals surface area contributed by atoms with E-state index < -0.39 is 21.6 Å². The van der Waals surface area contributed by atoms with Crippen molar-refractivity contribution in [2.24, 2.45) is 0 Å². The molecule has 0 radical (unpaired) electrons. The lowest BCUT2D eigenvalue weighted by Gasteiger charge is -2.19. The van der Waals surface area contributed by atoms with Crippen molar-refractivity contribution in [2.45, 2.75) is 19.4 Å². The van der Waals surface area contributed by atoms with E-state index >= 15 is 0 Å². The topological polar surface area (TPSA) is 103 Å². The molecule has 0 amide bonds. The van der Waals surface area contributed by atoms with Gasteiger partial charge in [-0.05, 0) is 42.3 Å². The molecule has 0 saturated carbocycles. The number of nitrogens with zero attached hydrogens (tertiary/aromatic N) is 2. The predicted molar refractivity (Wildman–Crippen MR) is 132 cm³/mol. The first-order chi connectivity index (χ1) is 16.7. The molecule has 2 aromatic heterocycles. The molecule has 2 aromatic carbocycles. The number of H-pyrrole nitrogens is 1. The highest BCUT2D eigenvalue weighted by Gasteiger charge is 2.26. The van der Waals surface area contributed by atoms with Crippen LogP contribution in [-0.2, 0) is 16.3 Å². The lowest BCUT2D eigenvalue weighted by Crippen LogP contribution is -2.29. The van der Waals surface area contributed by atoms with Crippen molar-refractivity contribution in [3.8, 4) is 11.6 Å². The van der Waals surface area contributed by atoms with Gasteiger partial charge in [-0.2, -0.15) is 0 Å². The maximum Gasteiger partial charge on any atom is 0.327 e. The number of halogens is 1. The van der Waals surface area contributed by atoms with Crippen LogP contribution in [0.1, 0.15) is 29.8 Å². The Labute approximate surface area is 202 Å². The van der Waals surface area contributed by atoms with Crippen molar-refractivity contribution in [3.63, 3.8) is 0 Å². The third-order valence-corrected chi connectivity index (χ3v) is 6.56. The first kappa shape index (κ1) is 24.5. The Bertz CT molecular complexity index is 1530. The molecule has 10 heteroatoms. The summed E-state index contributed by atoms with van der Waals surface area (Å²) in [7, 11) is -2.04. The van der Waals surface area contributed by atoms with Crippen LogP contribution in [0.15, 0.2) is 59.4 Å². The molecule has 0 saturated heterocycles. The highest BCUT2D eigenvalue weighted by molar-refractivity contribution is 7.90. The number of ether oxygens (including phenoxy) is 2. The monoisotopic (exact) mass is 499 g/mol. The third kappa shape index (κ3) is 5.22. The number of methoxy groups -OCH3 is 1. The summed E-state index contributed by atoms with van der Waals surface area (Å²) >= 11 is 0. The van der Waals surface area contributed by atoms with Gasteiger partial charge in [-0.1, -0.05) is 30.3 Å². The Balaban J connectivity index is 1.88. The van der Waals surface area contributed by atoms with Crippen LogP contribution < -0.4 is 15.2 Å². The SMILES string of the molecule is CCOc1nc(C(CS(C)(=O)=O)n2c(=O)[nH]c3c(Cc4ccccc4F)cccc32)ccc1OC. The minimum atomic E-state index is -3.52. The lowest BCUT2D eigenvalue weighted by atomic mass is 10.0. The van der Waals surface area contributed by atoms with E-state index in [1.807, 2.05) is 0 Å². The molecule has 0 aliphatic rings. The van der Waals surface area contributed by atoms with Crippen LogP contribution in [0, 0.1) is 5.82 Å². The van der Waals surface area contributed by atoms with Gasteiger partial charge in [0.2, 0.25) is 0 Å². The Morgan fingerprint density at radius 2 is 1.83 bits per heavy atom. The van der Waals surface area contributed by atoms with Crippen molar-refractivity contribution < 1.29 is 22.3 Å². The van der Waals surface area contributed by atoms with Crippen molar-refractivity contribution >= 4 is 20.9 Å². The molecule has 0 aliphatic heterocycles. The average molecular weight is 500 g/mol. The zero-order chi connectivity index (χ0) is 25.2. The zero-order valence-electron chi connectivity index (χ0n) is 19.6. The molecule has 0 aliphatic carbocycles. The van der Waals surface area contributed by atoms with Crippen molar-refractivity contribution in [3.05, 3.63) is 87.7 Å². The fraction of sp³-hybridized carbons (Fsp3) is 0.280. The molecule has 1 N–H and O–H groups in total. The van der Waals surface area contributed by atoms with E-state index in [4.69, 9.17) is 9.47 Å². The predicted octanol–water partition coefficient (Wildman–Crippen LogP) is 3.50. The van der Waals surface area contributed by atoms with Crippen molar-refractivity contribution in [2.75, 3.05) is 25.7 Å². The summed E-state index contributed by atoms with van der Waals surface area (Å²) < 4.78 is 51.3. The number of rotatable bonds is 9. The zero-order valence-corrected chi connectivity index (χ0v) is 20.4. The summed E-state index contributed by atoms with van der Waals surface area (Å²) in [6.45, 7) is 2.12. The third-order valence-electron chi connectivity index (χ3n) is 5.64. The fourth-order valence-electron chi connectivity index (χ4n) is 4.11. The second-order valence-corrected chi connectivity index (χ2v) is 10.3. The van der Waals surface area contributed by atoms with Gasteiger partial charge in [0.15, 0.2) is 5.75 Å². The molecule has 35 heavy (non-hydrogen) atoms. The van der Waals surface area contributed by atoms with Crippen molar-refractivity contribution in [1.29, 1.82) is 0 Å². The number of benzene rings is 2. The number of imidazole rings is 1. The molecular formula is C25H26FN3O5S.